The van der Waals surface area contributed by atoms with Crippen molar-refractivity contribution in [3.05, 3.63) is 39.4 Å². The van der Waals surface area contributed by atoms with Gasteiger partial charge >= 0.3 is 0 Å². The van der Waals surface area contributed by atoms with Crippen molar-refractivity contribution in [3.8, 4) is 0 Å². The lowest BCUT2D eigenvalue weighted by molar-refractivity contribution is 0.567. The van der Waals surface area contributed by atoms with E-state index in [4.69, 9.17) is 11.6 Å². The first kappa shape index (κ1) is 15.3. The molecule has 20 heavy (non-hydrogen) atoms. The van der Waals surface area contributed by atoms with Gasteiger partial charge in [0.25, 0.3) is 0 Å². The van der Waals surface area contributed by atoms with E-state index in [2.05, 4.69) is 60.5 Å². The second-order valence-electron chi connectivity index (χ2n) is 5.80. The van der Waals surface area contributed by atoms with E-state index in [0.29, 0.717) is 5.15 Å². The van der Waals surface area contributed by atoms with E-state index in [1.165, 1.54) is 11.2 Å². The lowest BCUT2D eigenvalue weighted by atomic mass is 9.91. The maximum atomic E-state index is 6.18. The van der Waals surface area contributed by atoms with E-state index in [-0.39, 0.29) is 11.3 Å². The quantitative estimate of drug-likeness (QED) is 0.813. The zero-order chi connectivity index (χ0) is 14.8. The fourth-order valence-corrected chi connectivity index (χ4v) is 3.29. The highest BCUT2D eigenvalue weighted by atomic mass is 35.5. The molecule has 0 bridgehead atoms. The van der Waals surface area contributed by atoms with Crippen molar-refractivity contribution in [2.24, 2.45) is 0 Å². The van der Waals surface area contributed by atoms with Gasteiger partial charge in [-0.25, -0.2) is 9.97 Å². The summed E-state index contributed by atoms with van der Waals surface area (Å²) in [6.07, 6.45) is 1.51. The number of anilines is 1. The molecule has 3 nitrogen and oxygen atoms in total. The normalized spacial score (nSPS) is 11.9. The van der Waals surface area contributed by atoms with Crippen LogP contribution >= 0.6 is 22.9 Å². The van der Waals surface area contributed by atoms with Crippen molar-refractivity contribution in [2.75, 3.05) is 11.9 Å². The molecule has 5 heteroatoms. The summed E-state index contributed by atoms with van der Waals surface area (Å²) in [4.78, 5) is 9.77. The number of rotatable bonds is 5. The van der Waals surface area contributed by atoms with Gasteiger partial charge < -0.3 is 5.32 Å². The summed E-state index contributed by atoms with van der Waals surface area (Å²) in [7, 11) is 0. The summed E-state index contributed by atoms with van der Waals surface area (Å²) in [5.74, 6) is 1.13. The summed E-state index contributed by atoms with van der Waals surface area (Å²) in [6.45, 7) is 9.45. The van der Waals surface area contributed by atoms with Gasteiger partial charge in [0, 0.05) is 22.4 Å². The Bertz CT molecular complexity index is 565. The largest absolute Gasteiger partial charge is 0.369 e. The van der Waals surface area contributed by atoms with Gasteiger partial charge in [0.2, 0.25) is 0 Å². The highest BCUT2D eigenvalue weighted by Crippen LogP contribution is 2.31. The van der Waals surface area contributed by atoms with Crippen LogP contribution in [0.25, 0.3) is 0 Å². The minimum absolute atomic E-state index is 0.0554. The molecule has 2 rings (SSSR count). The van der Waals surface area contributed by atoms with Gasteiger partial charge in [-0.3, -0.25) is 0 Å². The molecule has 0 radical (unpaired) electrons. The Balaban J connectivity index is 2.18. The van der Waals surface area contributed by atoms with E-state index in [9.17, 15) is 0 Å². The Morgan fingerprint density at radius 3 is 2.70 bits per heavy atom. The summed E-state index contributed by atoms with van der Waals surface area (Å²) in [5, 5.41) is 6.08. The summed E-state index contributed by atoms with van der Waals surface area (Å²) >= 11 is 7.96. The minimum atomic E-state index is 0.0554. The average molecular weight is 310 g/mol. The van der Waals surface area contributed by atoms with E-state index in [1.54, 1.807) is 11.3 Å². The van der Waals surface area contributed by atoms with Crippen molar-refractivity contribution in [1.29, 1.82) is 0 Å². The molecule has 1 N–H and O–H groups in total. The Labute approximate surface area is 129 Å². The van der Waals surface area contributed by atoms with Crippen LogP contribution in [0.4, 0.5) is 5.82 Å². The van der Waals surface area contributed by atoms with Crippen LogP contribution in [-0.2, 0) is 5.41 Å². The van der Waals surface area contributed by atoms with Crippen LogP contribution in [0.15, 0.2) is 23.8 Å². The second-order valence-corrected chi connectivity index (χ2v) is 7.10. The zero-order valence-electron chi connectivity index (χ0n) is 12.3. The van der Waals surface area contributed by atoms with Crippen molar-refractivity contribution in [2.45, 2.75) is 39.0 Å². The Kier molecular flexibility index (Phi) is 4.66. The van der Waals surface area contributed by atoms with Gasteiger partial charge in [0.05, 0.1) is 0 Å². The highest BCUT2D eigenvalue weighted by molar-refractivity contribution is 7.10. The molecule has 0 unspecified atom stereocenters. The van der Waals surface area contributed by atoms with Crippen molar-refractivity contribution in [1.82, 2.24) is 9.97 Å². The standard InChI is InChI=1S/C15H20ClN3S/c1-10(2)12-13(16)18-9-19-14(12)17-8-15(3,4)11-6-5-7-20-11/h5-7,9-10H,8H2,1-4H3,(H,17,18,19). The minimum Gasteiger partial charge on any atom is -0.369 e. The van der Waals surface area contributed by atoms with E-state index < -0.39 is 0 Å². The van der Waals surface area contributed by atoms with Gasteiger partial charge in [-0.15, -0.1) is 11.3 Å². The van der Waals surface area contributed by atoms with Crippen LogP contribution in [0.5, 0.6) is 0 Å². The van der Waals surface area contributed by atoms with Crippen molar-refractivity contribution >= 4 is 28.8 Å². The third kappa shape index (κ3) is 3.30. The Morgan fingerprint density at radius 2 is 2.10 bits per heavy atom. The molecule has 108 valence electrons. The molecule has 2 heterocycles. The molecule has 2 aromatic rings. The molecule has 0 amide bonds. The summed E-state index contributed by atoms with van der Waals surface area (Å²) < 4.78 is 0. The lowest BCUT2D eigenvalue weighted by Crippen LogP contribution is -2.27. The molecule has 0 aromatic carbocycles. The molecule has 0 saturated heterocycles. The fourth-order valence-electron chi connectivity index (χ4n) is 2.08. The van der Waals surface area contributed by atoms with Gasteiger partial charge in [0.1, 0.15) is 17.3 Å². The number of hydrogen-bond acceptors (Lipinski definition) is 4. The predicted molar refractivity (Wildman–Crippen MR) is 87.0 cm³/mol. The zero-order valence-corrected chi connectivity index (χ0v) is 13.8. The summed E-state index contributed by atoms with van der Waals surface area (Å²) in [6, 6.07) is 4.26. The van der Waals surface area contributed by atoms with Gasteiger partial charge in [-0.05, 0) is 17.4 Å². The number of thiophene rings is 1. The topological polar surface area (TPSA) is 37.8 Å². The molecule has 0 spiro atoms. The molecular formula is C15H20ClN3S. The molecule has 0 atom stereocenters. The first-order valence-electron chi connectivity index (χ1n) is 6.70. The molecule has 0 aliphatic heterocycles. The number of nitrogens with one attached hydrogen (secondary N) is 1. The lowest BCUT2D eigenvalue weighted by Gasteiger charge is -2.25. The number of aromatic nitrogens is 2. The summed E-state index contributed by atoms with van der Waals surface area (Å²) in [5.41, 5.74) is 1.04. The fraction of sp³-hybridized carbons (Fsp3) is 0.467. The first-order chi connectivity index (χ1) is 9.42. The van der Waals surface area contributed by atoms with Crippen LogP contribution in [0.2, 0.25) is 5.15 Å². The van der Waals surface area contributed by atoms with E-state index >= 15 is 0 Å². The molecular weight excluding hydrogens is 290 g/mol. The first-order valence-corrected chi connectivity index (χ1v) is 7.96. The molecule has 0 fully saturated rings. The highest BCUT2D eigenvalue weighted by Gasteiger charge is 2.23. The number of nitrogens with zero attached hydrogens (tertiary/aromatic N) is 2. The van der Waals surface area contributed by atoms with Gasteiger partial charge in [-0.2, -0.15) is 0 Å². The van der Waals surface area contributed by atoms with E-state index in [1.807, 2.05) is 0 Å². The Morgan fingerprint density at radius 1 is 1.35 bits per heavy atom. The van der Waals surface area contributed by atoms with Crippen LogP contribution in [0, 0.1) is 0 Å². The number of hydrogen-bond donors (Lipinski definition) is 1. The third-order valence-corrected chi connectivity index (χ3v) is 4.84. The Hall–Kier alpha value is -1.13. The average Bonchev–Trinajstić information content (AvgIpc) is 2.90. The maximum Gasteiger partial charge on any atom is 0.138 e. The monoisotopic (exact) mass is 309 g/mol. The molecule has 0 aliphatic rings. The maximum absolute atomic E-state index is 6.18. The van der Waals surface area contributed by atoms with Gasteiger partial charge in [0.15, 0.2) is 0 Å². The van der Waals surface area contributed by atoms with Crippen LogP contribution in [0.3, 0.4) is 0 Å². The third-order valence-electron chi connectivity index (χ3n) is 3.30. The molecule has 0 aliphatic carbocycles. The van der Waals surface area contributed by atoms with Crippen molar-refractivity contribution in [3.63, 3.8) is 0 Å². The van der Waals surface area contributed by atoms with Crippen LogP contribution in [-0.4, -0.2) is 16.5 Å². The van der Waals surface area contributed by atoms with Gasteiger partial charge in [-0.1, -0.05) is 45.4 Å². The molecule has 2 aromatic heterocycles. The smallest absolute Gasteiger partial charge is 0.138 e. The second kappa shape index (κ2) is 6.10. The van der Waals surface area contributed by atoms with Crippen molar-refractivity contribution < 1.29 is 0 Å². The predicted octanol–water partition coefficient (Wildman–Crippen LogP) is 4.70. The number of halogens is 1. The van der Waals surface area contributed by atoms with Crippen LogP contribution < -0.4 is 5.32 Å². The van der Waals surface area contributed by atoms with Crippen LogP contribution in [0.1, 0.15) is 44.1 Å². The SMILES string of the molecule is CC(C)c1c(Cl)ncnc1NCC(C)(C)c1cccs1. The molecule has 0 saturated carbocycles. The van der Waals surface area contributed by atoms with E-state index in [0.717, 1.165) is 17.9 Å².